The van der Waals surface area contributed by atoms with E-state index in [-0.39, 0.29) is 17.8 Å². The van der Waals surface area contributed by atoms with Gasteiger partial charge in [-0.05, 0) is 18.6 Å². The molecule has 0 amide bonds. The largest absolute Gasteiger partial charge is 0.481 e. The van der Waals surface area contributed by atoms with E-state index in [2.05, 4.69) is 15.4 Å². The van der Waals surface area contributed by atoms with Crippen molar-refractivity contribution in [2.45, 2.75) is 18.9 Å². The Morgan fingerprint density at radius 1 is 1.43 bits per heavy atom. The summed E-state index contributed by atoms with van der Waals surface area (Å²) in [5, 5.41) is 15.8. The van der Waals surface area contributed by atoms with E-state index in [0.717, 1.165) is 0 Å². The SMILES string of the molecule is O=C(O)Cc1nc2n(n1)C(c1c(F)cccc1F)CCN2. The fraction of sp³-hybridized carbons (Fsp3) is 0.308. The second-order valence-corrected chi connectivity index (χ2v) is 4.73. The van der Waals surface area contributed by atoms with Crippen LogP contribution in [0.2, 0.25) is 0 Å². The van der Waals surface area contributed by atoms with E-state index in [1.165, 1.54) is 22.9 Å². The van der Waals surface area contributed by atoms with Gasteiger partial charge in [-0.15, -0.1) is 0 Å². The number of aliphatic carboxylic acids is 1. The smallest absolute Gasteiger partial charge is 0.311 e. The molecule has 0 saturated carbocycles. The number of aromatic nitrogens is 3. The Morgan fingerprint density at radius 2 is 2.14 bits per heavy atom. The molecule has 1 aliphatic heterocycles. The molecule has 8 heteroatoms. The van der Waals surface area contributed by atoms with E-state index in [4.69, 9.17) is 5.11 Å². The standard InChI is InChI=1S/C13H12F2N4O2/c14-7-2-1-3-8(15)12(7)9-4-5-16-13-17-10(6-11(20)21)18-19(9)13/h1-3,9H,4-6H2,(H,20,21)(H,16,17,18). The van der Waals surface area contributed by atoms with Crippen LogP contribution in [0.3, 0.4) is 0 Å². The van der Waals surface area contributed by atoms with Crippen molar-refractivity contribution in [3.63, 3.8) is 0 Å². The molecule has 2 N–H and O–H groups in total. The lowest BCUT2D eigenvalue weighted by Crippen LogP contribution is -2.26. The molecular formula is C13H12F2N4O2. The molecule has 0 fully saturated rings. The summed E-state index contributed by atoms with van der Waals surface area (Å²) < 4.78 is 29.2. The van der Waals surface area contributed by atoms with Crippen molar-refractivity contribution in [2.24, 2.45) is 0 Å². The quantitative estimate of drug-likeness (QED) is 0.898. The third kappa shape index (κ3) is 2.44. The second-order valence-electron chi connectivity index (χ2n) is 4.73. The maximum absolute atomic E-state index is 13.9. The van der Waals surface area contributed by atoms with Crippen LogP contribution in [0.15, 0.2) is 18.2 Å². The van der Waals surface area contributed by atoms with Gasteiger partial charge in [0, 0.05) is 12.1 Å². The molecular weight excluding hydrogens is 282 g/mol. The van der Waals surface area contributed by atoms with Gasteiger partial charge in [0.25, 0.3) is 0 Å². The maximum Gasteiger partial charge on any atom is 0.311 e. The van der Waals surface area contributed by atoms with Gasteiger partial charge in [-0.2, -0.15) is 10.1 Å². The lowest BCUT2D eigenvalue weighted by atomic mass is 10.0. The number of carboxylic acid groups (broad SMARTS) is 1. The number of carboxylic acids is 1. The lowest BCUT2D eigenvalue weighted by Gasteiger charge is -2.25. The average Bonchev–Trinajstić information content (AvgIpc) is 2.80. The van der Waals surface area contributed by atoms with Gasteiger partial charge in [0.2, 0.25) is 5.95 Å². The number of nitrogens with one attached hydrogen (secondary N) is 1. The predicted molar refractivity (Wildman–Crippen MR) is 69.0 cm³/mol. The molecule has 0 aliphatic carbocycles. The van der Waals surface area contributed by atoms with Crippen molar-refractivity contribution in [1.82, 2.24) is 14.8 Å². The van der Waals surface area contributed by atoms with Gasteiger partial charge in [0.15, 0.2) is 5.82 Å². The highest BCUT2D eigenvalue weighted by Gasteiger charge is 2.29. The van der Waals surface area contributed by atoms with Crippen molar-refractivity contribution >= 4 is 11.9 Å². The monoisotopic (exact) mass is 294 g/mol. The summed E-state index contributed by atoms with van der Waals surface area (Å²) in [6.45, 7) is 0.476. The summed E-state index contributed by atoms with van der Waals surface area (Å²) in [5.74, 6) is -1.93. The highest BCUT2D eigenvalue weighted by Crippen LogP contribution is 2.31. The molecule has 1 unspecified atom stereocenters. The molecule has 1 aromatic carbocycles. The molecule has 21 heavy (non-hydrogen) atoms. The Kier molecular flexibility index (Phi) is 3.28. The van der Waals surface area contributed by atoms with E-state index >= 15 is 0 Å². The van der Waals surface area contributed by atoms with Crippen LogP contribution in [-0.2, 0) is 11.2 Å². The number of hydrogen-bond donors (Lipinski definition) is 2. The molecule has 1 aliphatic rings. The third-order valence-corrected chi connectivity index (χ3v) is 3.31. The van der Waals surface area contributed by atoms with Gasteiger partial charge >= 0.3 is 5.97 Å². The van der Waals surface area contributed by atoms with E-state index in [0.29, 0.717) is 18.9 Å². The van der Waals surface area contributed by atoms with Crippen LogP contribution in [-0.4, -0.2) is 32.4 Å². The minimum Gasteiger partial charge on any atom is -0.481 e. The Labute approximate surface area is 118 Å². The summed E-state index contributed by atoms with van der Waals surface area (Å²) in [5.41, 5.74) is -0.0768. The highest BCUT2D eigenvalue weighted by atomic mass is 19.1. The molecule has 0 bridgehead atoms. The summed E-state index contributed by atoms with van der Waals surface area (Å²) in [6, 6.07) is 3.04. The van der Waals surface area contributed by atoms with Crippen LogP contribution in [0.5, 0.6) is 0 Å². The number of nitrogens with zero attached hydrogens (tertiary/aromatic N) is 3. The molecule has 110 valence electrons. The number of benzene rings is 1. The fourth-order valence-electron chi connectivity index (χ4n) is 2.45. The Hall–Kier alpha value is -2.51. The molecule has 1 atom stereocenters. The first kappa shape index (κ1) is 13.5. The minimum atomic E-state index is -1.06. The number of fused-ring (bicyclic) bond motifs is 1. The minimum absolute atomic E-state index is 0.0768. The first-order chi connectivity index (χ1) is 10.1. The normalized spacial score (nSPS) is 17.1. The van der Waals surface area contributed by atoms with Gasteiger partial charge < -0.3 is 10.4 Å². The summed E-state index contributed by atoms with van der Waals surface area (Å²) in [7, 11) is 0. The van der Waals surface area contributed by atoms with E-state index in [1.807, 2.05) is 0 Å². The van der Waals surface area contributed by atoms with E-state index < -0.39 is 23.6 Å². The van der Waals surface area contributed by atoms with Gasteiger partial charge in [-0.1, -0.05) is 6.07 Å². The zero-order valence-electron chi connectivity index (χ0n) is 10.9. The molecule has 1 aromatic heterocycles. The number of carbonyl (C=O) groups is 1. The second kappa shape index (κ2) is 5.12. The van der Waals surface area contributed by atoms with Crippen LogP contribution in [0, 0.1) is 11.6 Å². The zero-order chi connectivity index (χ0) is 15.0. The average molecular weight is 294 g/mol. The van der Waals surface area contributed by atoms with Crippen LogP contribution in [0.25, 0.3) is 0 Å². The molecule has 6 nitrogen and oxygen atoms in total. The van der Waals surface area contributed by atoms with Gasteiger partial charge in [-0.3, -0.25) is 4.79 Å². The number of rotatable bonds is 3. The Bertz CT molecular complexity index is 681. The number of halogens is 2. The number of hydrogen-bond acceptors (Lipinski definition) is 4. The van der Waals surface area contributed by atoms with Crippen molar-refractivity contribution in [3.8, 4) is 0 Å². The van der Waals surface area contributed by atoms with Gasteiger partial charge in [0.05, 0.1) is 6.04 Å². The molecule has 0 spiro atoms. The van der Waals surface area contributed by atoms with Crippen LogP contribution in [0.4, 0.5) is 14.7 Å². The fourth-order valence-corrected chi connectivity index (χ4v) is 2.45. The van der Waals surface area contributed by atoms with Gasteiger partial charge in [0.1, 0.15) is 18.1 Å². The van der Waals surface area contributed by atoms with Crippen LogP contribution in [0.1, 0.15) is 23.9 Å². The predicted octanol–water partition coefficient (Wildman–Crippen LogP) is 1.59. The molecule has 0 saturated heterocycles. The topological polar surface area (TPSA) is 80.0 Å². The molecule has 2 heterocycles. The van der Waals surface area contributed by atoms with Gasteiger partial charge in [-0.25, -0.2) is 13.5 Å². The van der Waals surface area contributed by atoms with Crippen molar-refractivity contribution in [3.05, 3.63) is 41.2 Å². The van der Waals surface area contributed by atoms with E-state index in [1.54, 1.807) is 0 Å². The number of anilines is 1. The Balaban J connectivity index is 2.04. The first-order valence-corrected chi connectivity index (χ1v) is 6.41. The Morgan fingerprint density at radius 3 is 2.81 bits per heavy atom. The molecule has 2 aromatic rings. The summed E-state index contributed by atoms with van der Waals surface area (Å²) >= 11 is 0. The van der Waals surface area contributed by atoms with Crippen LogP contribution < -0.4 is 5.32 Å². The first-order valence-electron chi connectivity index (χ1n) is 6.41. The third-order valence-electron chi connectivity index (χ3n) is 3.31. The highest BCUT2D eigenvalue weighted by molar-refractivity contribution is 5.69. The molecule has 3 rings (SSSR count). The van der Waals surface area contributed by atoms with E-state index in [9.17, 15) is 13.6 Å². The zero-order valence-corrected chi connectivity index (χ0v) is 10.9. The summed E-state index contributed by atoms with van der Waals surface area (Å²) in [6.07, 6.45) is 0.0921. The van der Waals surface area contributed by atoms with Crippen molar-refractivity contribution < 1.29 is 18.7 Å². The summed E-state index contributed by atoms with van der Waals surface area (Å²) in [4.78, 5) is 14.8. The maximum atomic E-state index is 13.9. The van der Waals surface area contributed by atoms with Crippen molar-refractivity contribution in [2.75, 3.05) is 11.9 Å². The van der Waals surface area contributed by atoms with Crippen LogP contribution >= 0.6 is 0 Å². The lowest BCUT2D eigenvalue weighted by molar-refractivity contribution is -0.136. The molecule has 0 radical (unpaired) electrons. The van der Waals surface area contributed by atoms with Crippen molar-refractivity contribution in [1.29, 1.82) is 0 Å².